The van der Waals surface area contributed by atoms with Crippen molar-refractivity contribution >= 4 is 5.69 Å². The number of rotatable bonds is 8. The maximum Gasteiger partial charge on any atom is 0.0572 e. The molecule has 1 saturated carbocycles. The second-order valence-corrected chi connectivity index (χ2v) is 5.61. The molecule has 3 nitrogen and oxygen atoms in total. The Kier molecular flexibility index (Phi) is 5.20. The van der Waals surface area contributed by atoms with Crippen LogP contribution < -0.4 is 10.2 Å². The van der Waals surface area contributed by atoms with Crippen molar-refractivity contribution in [3.63, 3.8) is 0 Å². The third-order valence-electron chi connectivity index (χ3n) is 3.76. The lowest BCUT2D eigenvalue weighted by molar-refractivity contribution is 0.583. The Hall–Kier alpha value is -1.09. The minimum absolute atomic E-state index is 0.335. The van der Waals surface area contributed by atoms with E-state index in [0.29, 0.717) is 6.04 Å². The van der Waals surface area contributed by atoms with Gasteiger partial charge in [-0.15, -0.1) is 0 Å². The third kappa shape index (κ3) is 4.20. The smallest absolute Gasteiger partial charge is 0.0572 e. The molecule has 1 N–H and O–H groups in total. The van der Waals surface area contributed by atoms with Crippen molar-refractivity contribution < 1.29 is 0 Å². The summed E-state index contributed by atoms with van der Waals surface area (Å²) in [5, 5.41) is 3.40. The van der Waals surface area contributed by atoms with Gasteiger partial charge in [-0.1, -0.05) is 13.8 Å². The van der Waals surface area contributed by atoms with Crippen molar-refractivity contribution in [2.75, 3.05) is 24.5 Å². The van der Waals surface area contributed by atoms with E-state index in [-0.39, 0.29) is 0 Å². The summed E-state index contributed by atoms with van der Waals surface area (Å²) in [5.74, 6) is 0.923. The average Bonchev–Trinajstić information content (AvgIpc) is 3.23. The van der Waals surface area contributed by atoms with Crippen LogP contribution in [0.25, 0.3) is 0 Å². The van der Waals surface area contributed by atoms with Gasteiger partial charge in [-0.05, 0) is 50.8 Å². The number of hydrogen-bond acceptors (Lipinski definition) is 3. The Labute approximate surface area is 117 Å². The van der Waals surface area contributed by atoms with Crippen LogP contribution in [0.4, 0.5) is 5.69 Å². The summed E-state index contributed by atoms with van der Waals surface area (Å²) < 4.78 is 0. The second-order valence-electron chi connectivity index (χ2n) is 5.61. The molecule has 0 aliphatic heterocycles. The van der Waals surface area contributed by atoms with Gasteiger partial charge in [-0.2, -0.15) is 0 Å². The van der Waals surface area contributed by atoms with Crippen LogP contribution in [0.5, 0.6) is 0 Å². The lowest BCUT2D eigenvalue weighted by Crippen LogP contribution is -2.27. The van der Waals surface area contributed by atoms with Gasteiger partial charge in [-0.25, -0.2) is 0 Å². The highest BCUT2D eigenvalue weighted by Crippen LogP contribution is 2.31. The maximum absolute atomic E-state index is 4.62. The molecule has 1 aromatic heterocycles. The molecule has 1 heterocycles. The summed E-state index contributed by atoms with van der Waals surface area (Å²) in [4.78, 5) is 7.12. The predicted molar refractivity (Wildman–Crippen MR) is 81.6 cm³/mol. The van der Waals surface area contributed by atoms with E-state index < -0.39 is 0 Å². The summed E-state index contributed by atoms with van der Waals surface area (Å²) in [5.41, 5.74) is 2.41. The Bertz CT molecular complexity index is 370. The lowest BCUT2D eigenvalue weighted by atomic mass is 10.2. The van der Waals surface area contributed by atoms with Crippen LogP contribution in [0, 0.1) is 5.92 Å². The minimum Gasteiger partial charge on any atom is -0.370 e. The van der Waals surface area contributed by atoms with Gasteiger partial charge < -0.3 is 10.2 Å². The molecule has 1 aliphatic rings. The molecule has 3 heteroatoms. The van der Waals surface area contributed by atoms with Crippen molar-refractivity contribution in [2.45, 2.75) is 46.1 Å². The van der Waals surface area contributed by atoms with Crippen molar-refractivity contribution in [3.05, 3.63) is 24.0 Å². The van der Waals surface area contributed by atoms with Crippen LogP contribution in [-0.4, -0.2) is 24.6 Å². The molecule has 1 unspecified atom stereocenters. The Balaban J connectivity index is 2.01. The Morgan fingerprint density at radius 1 is 1.37 bits per heavy atom. The first-order chi connectivity index (χ1) is 9.24. The van der Waals surface area contributed by atoms with E-state index >= 15 is 0 Å². The fraction of sp³-hybridized carbons (Fsp3) is 0.688. The van der Waals surface area contributed by atoms with Gasteiger partial charge in [0.05, 0.1) is 17.6 Å². The van der Waals surface area contributed by atoms with Crippen LogP contribution in [0.2, 0.25) is 0 Å². The first-order valence-electron chi connectivity index (χ1n) is 7.68. The molecular formula is C16H27N3. The molecule has 2 rings (SSSR count). The van der Waals surface area contributed by atoms with Crippen LogP contribution in [-0.2, 0) is 0 Å². The van der Waals surface area contributed by atoms with Gasteiger partial charge in [0.25, 0.3) is 0 Å². The summed E-state index contributed by atoms with van der Waals surface area (Å²) in [6.07, 6.45) is 6.05. The van der Waals surface area contributed by atoms with Crippen LogP contribution >= 0.6 is 0 Å². The van der Waals surface area contributed by atoms with Crippen molar-refractivity contribution in [1.82, 2.24) is 10.3 Å². The SMILES string of the molecule is CCCN(CC1CC1)c1ccc(C(C)NCC)nc1. The number of anilines is 1. The zero-order valence-electron chi connectivity index (χ0n) is 12.5. The largest absolute Gasteiger partial charge is 0.370 e. The molecule has 0 saturated heterocycles. The highest BCUT2D eigenvalue weighted by molar-refractivity contribution is 5.45. The molecule has 1 aromatic rings. The monoisotopic (exact) mass is 261 g/mol. The molecular weight excluding hydrogens is 234 g/mol. The summed E-state index contributed by atoms with van der Waals surface area (Å²) in [6.45, 7) is 9.87. The molecule has 0 amide bonds. The quantitative estimate of drug-likeness (QED) is 0.777. The topological polar surface area (TPSA) is 28.2 Å². The highest BCUT2D eigenvalue weighted by atomic mass is 15.1. The average molecular weight is 261 g/mol. The Morgan fingerprint density at radius 2 is 2.16 bits per heavy atom. The summed E-state index contributed by atoms with van der Waals surface area (Å²) in [6, 6.07) is 4.73. The molecule has 19 heavy (non-hydrogen) atoms. The van der Waals surface area contributed by atoms with Gasteiger partial charge in [0, 0.05) is 19.1 Å². The fourth-order valence-electron chi connectivity index (χ4n) is 2.46. The maximum atomic E-state index is 4.62. The van der Waals surface area contributed by atoms with Crippen LogP contribution in [0.3, 0.4) is 0 Å². The summed E-state index contributed by atoms with van der Waals surface area (Å²) in [7, 11) is 0. The molecule has 106 valence electrons. The zero-order valence-corrected chi connectivity index (χ0v) is 12.5. The molecule has 1 fully saturated rings. The van der Waals surface area contributed by atoms with Gasteiger partial charge in [0.2, 0.25) is 0 Å². The van der Waals surface area contributed by atoms with Gasteiger partial charge >= 0.3 is 0 Å². The lowest BCUT2D eigenvalue weighted by Gasteiger charge is -2.24. The van der Waals surface area contributed by atoms with Crippen LogP contribution in [0.1, 0.15) is 51.8 Å². The molecule has 1 atom stereocenters. The molecule has 1 aliphatic carbocycles. The Morgan fingerprint density at radius 3 is 2.68 bits per heavy atom. The number of nitrogens with zero attached hydrogens (tertiary/aromatic N) is 2. The second kappa shape index (κ2) is 6.90. The normalized spacial score (nSPS) is 16.4. The zero-order chi connectivity index (χ0) is 13.7. The van der Waals surface area contributed by atoms with Crippen molar-refractivity contribution in [3.8, 4) is 0 Å². The van der Waals surface area contributed by atoms with E-state index in [2.05, 4.69) is 48.1 Å². The van der Waals surface area contributed by atoms with Crippen molar-refractivity contribution in [2.24, 2.45) is 5.92 Å². The standard InChI is InChI=1S/C16H27N3/c1-4-10-19(12-14-6-7-14)15-8-9-16(18-11-15)13(3)17-5-2/h8-9,11,13-14,17H,4-7,10,12H2,1-3H3. The number of pyridine rings is 1. The molecule has 0 bridgehead atoms. The van der Waals surface area contributed by atoms with Crippen LogP contribution in [0.15, 0.2) is 18.3 Å². The first-order valence-corrected chi connectivity index (χ1v) is 7.68. The fourth-order valence-corrected chi connectivity index (χ4v) is 2.46. The van der Waals surface area contributed by atoms with E-state index in [4.69, 9.17) is 0 Å². The van der Waals surface area contributed by atoms with Gasteiger partial charge in [0.15, 0.2) is 0 Å². The van der Waals surface area contributed by atoms with Gasteiger partial charge in [0.1, 0.15) is 0 Å². The third-order valence-corrected chi connectivity index (χ3v) is 3.76. The predicted octanol–water partition coefficient (Wildman–Crippen LogP) is 3.38. The first kappa shape index (κ1) is 14.3. The van der Waals surface area contributed by atoms with Gasteiger partial charge in [-0.3, -0.25) is 4.98 Å². The van der Waals surface area contributed by atoms with E-state index in [1.54, 1.807) is 0 Å². The molecule has 0 radical (unpaired) electrons. The van der Waals surface area contributed by atoms with E-state index in [1.165, 1.54) is 31.5 Å². The number of aromatic nitrogens is 1. The number of hydrogen-bond donors (Lipinski definition) is 1. The molecule has 0 aromatic carbocycles. The van der Waals surface area contributed by atoms with E-state index in [0.717, 1.165) is 24.7 Å². The minimum atomic E-state index is 0.335. The highest BCUT2D eigenvalue weighted by Gasteiger charge is 2.24. The van der Waals surface area contributed by atoms with Crippen molar-refractivity contribution in [1.29, 1.82) is 0 Å². The molecule has 0 spiro atoms. The van der Waals surface area contributed by atoms with E-state index in [1.807, 2.05) is 6.20 Å². The summed E-state index contributed by atoms with van der Waals surface area (Å²) >= 11 is 0. The number of nitrogens with one attached hydrogen (secondary N) is 1. The van der Waals surface area contributed by atoms with E-state index in [9.17, 15) is 0 Å².